The molecule has 1 N–H and O–H groups in total. The van der Waals surface area contributed by atoms with E-state index in [-0.39, 0.29) is 12.5 Å². The van der Waals surface area contributed by atoms with Crippen molar-refractivity contribution in [2.75, 3.05) is 20.3 Å². The minimum absolute atomic E-state index is 0.0428. The summed E-state index contributed by atoms with van der Waals surface area (Å²) in [5.74, 6) is 1.83. The van der Waals surface area contributed by atoms with Gasteiger partial charge in [-0.25, -0.2) is 0 Å². The van der Waals surface area contributed by atoms with Gasteiger partial charge in [0.1, 0.15) is 5.75 Å². The number of halogens is 1. The Labute approximate surface area is 169 Å². The van der Waals surface area contributed by atoms with Crippen LogP contribution in [0.25, 0.3) is 0 Å². The summed E-state index contributed by atoms with van der Waals surface area (Å²) < 4.78 is 17.4. The Kier molecular flexibility index (Phi) is 8.45. The van der Waals surface area contributed by atoms with Crippen LogP contribution in [0.5, 0.6) is 17.2 Å². The Morgan fingerprint density at radius 1 is 1.00 bits per heavy atom. The minimum atomic E-state index is -0.188. The van der Waals surface area contributed by atoms with Gasteiger partial charge in [-0.15, -0.1) is 0 Å². The third-order valence-electron chi connectivity index (χ3n) is 3.94. The molecule has 0 saturated heterocycles. The van der Waals surface area contributed by atoms with Crippen molar-refractivity contribution in [2.45, 2.75) is 33.2 Å². The van der Waals surface area contributed by atoms with E-state index in [4.69, 9.17) is 14.2 Å². The van der Waals surface area contributed by atoms with Gasteiger partial charge in [-0.05, 0) is 64.2 Å². The summed E-state index contributed by atoms with van der Waals surface area (Å²) in [7, 11) is 1.60. The number of hydrogen-bond acceptors (Lipinski definition) is 4. The van der Waals surface area contributed by atoms with Crippen LogP contribution >= 0.6 is 15.9 Å². The Morgan fingerprint density at radius 3 is 2.41 bits per heavy atom. The molecule has 1 amide bonds. The highest BCUT2D eigenvalue weighted by atomic mass is 79.9. The summed E-state index contributed by atoms with van der Waals surface area (Å²) in [5, 5.41) is 2.85. The highest BCUT2D eigenvalue weighted by molar-refractivity contribution is 9.10. The van der Waals surface area contributed by atoms with Gasteiger partial charge in [0.25, 0.3) is 5.91 Å². The second-order valence-electron chi connectivity index (χ2n) is 6.02. The summed E-state index contributed by atoms with van der Waals surface area (Å²) in [6.07, 6.45) is 1.88. The van der Waals surface area contributed by atoms with E-state index in [0.717, 1.165) is 22.9 Å². The predicted octanol–water partition coefficient (Wildman–Crippen LogP) is 4.50. The van der Waals surface area contributed by atoms with Crippen molar-refractivity contribution in [1.29, 1.82) is 0 Å². The first kappa shape index (κ1) is 21.1. The largest absolute Gasteiger partial charge is 0.493 e. The van der Waals surface area contributed by atoms with Crippen molar-refractivity contribution in [1.82, 2.24) is 5.32 Å². The van der Waals surface area contributed by atoms with Crippen molar-refractivity contribution < 1.29 is 19.0 Å². The SMILES string of the molecule is CCCOc1ccc(CNC(=O)COc2ccc(CC)cc2Br)cc1OC. The Balaban J connectivity index is 1.86. The molecule has 0 atom stereocenters. The molecule has 2 aromatic rings. The maximum atomic E-state index is 12.1. The van der Waals surface area contributed by atoms with Gasteiger partial charge in [0.2, 0.25) is 0 Å². The monoisotopic (exact) mass is 435 g/mol. The second kappa shape index (κ2) is 10.8. The standard InChI is InChI=1S/C21H26BrNO4/c1-4-10-26-19-9-7-16(12-20(19)25-3)13-23-21(24)14-27-18-8-6-15(5-2)11-17(18)22/h6-9,11-12H,4-5,10,13-14H2,1-3H3,(H,23,24). The van der Waals surface area contributed by atoms with Gasteiger partial charge in [-0.2, -0.15) is 0 Å². The minimum Gasteiger partial charge on any atom is -0.493 e. The molecule has 2 aromatic carbocycles. The molecule has 0 spiro atoms. The van der Waals surface area contributed by atoms with Gasteiger partial charge in [0.05, 0.1) is 18.2 Å². The third kappa shape index (κ3) is 6.47. The summed E-state index contributed by atoms with van der Waals surface area (Å²) >= 11 is 3.47. The average Bonchev–Trinajstić information content (AvgIpc) is 2.69. The van der Waals surface area contributed by atoms with Crippen LogP contribution in [0.1, 0.15) is 31.4 Å². The third-order valence-corrected chi connectivity index (χ3v) is 4.56. The summed E-state index contributed by atoms with van der Waals surface area (Å²) in [6, 6.07) is 11.5. The molecule has 0 bridgehead atoms. The van der Waals surface area contributed by atoms with E-state index in [1.165, 1.54) is 5.56 Å². The normalized spacial score (nSPS) is 10.4. The van der Waals surface area contributed by atoms with Gasteiger partial charge in [0, 0.05) is 6.54 Å². The Bertz CT molecular complexity index is 764. The number of aryl methyl sites for hydroxylation is 1. The Hall–Kier alpha value is -2.21. The number of nitrogens with one attached hydrogen (secondary N) is 1. The lowest BCUT2D eigenvalue weighted by Gasteiger charge is -2.13. The molecule has 0 radical (unpaired) electrons. The number of rotatable bonds is 10. The first-order valence-electron chi connectivity index (χ1n) is 9.05. The maximum Gasteiger partial charge on any atom is 0.258 e. The second-order valence-corrected chi connectivity index (χ2v) is 6.87. The van der Waals surface area contributed by atoms with Gasteiger partial charge in [-0.3, -0.25) is 4.79 Å². The fourth-order valence-electron chi connectivity index (χ4n) is 2.43. The van der Waals surface area contributed by atoms with Crippen molar-refractivity contribution in [2.24, 2.45) is 0 Å². The van der Waals surface area contributed by atoms with Gasteiger partial charge in [0.15, 0.2) is 18.1 Å². The molecule has 0 unspecified atom stereocenters. The van der Waals surface area contributed by atoms with Crippen LogP contribution < -0.4 is 19.5 Å². The summed E-state index contributed by atoms with van der Waals surface area (Å²) in [4.78, 5) is 12.1. The smallest absolute Gasteiger partial charge is 0.258 e. The van der Waals surface area contributed by atoms with E-state index in [9.17, 15) is 4.79 Å². The number of benzene rings is 2. The van der Waals surface area contributed by atoms with E-state index < -0.39 is 0 Å². The van der Waals surface area contributed by atoms with Crippen LogP contribution in [0.15, 0.2) is 40.9 Å². The van der Waals surface area contributed by atoms with E-state index in [1.807, 2.05) is 36.4 Å². The molecule has 146 valence electrons. The zero-order valence-electron chi connectivity index (χ0n) is 16.0. The molecule has 0 fully saturated rings. The molecular weight excluding hydrogens is 410 g/mol. The first-order valence-corrected chi connectivity index (χ1v) is 9.84. The molecule has 2 rings (SSSR count). The fraction of sp³-hybridized carbons (Fsp3) is 0.381. The lowest BCUT2D eigenvalue weighted by molar-refractivity contribution is -0.123. The van der Waals surface area contributed by atoms with E-state index in [2.05, 4.69) is 35.1 Å². The van der Waals surface area contributed by atoms with Crippen LogP contribution in [0.3, 0.4) is 0 Å². The molecule has 0 heterocycles. The zero-order chi connectivity index (χ0) is 19.6. The molecule has 5 nitrogen and oxygen atoms in total. The molecule has 27 heavy (non-hydrogen) atoms. The van der Waals surface area contributed by atoms with E-state index in [0.29, 0.717) is 30.4 Å². The van der Waals surface area contributed by atoms with Crippen LogP contribution in [0, 0.1) is 0 Å². The van der Waals surface area contributed by atoms with Gasteiger partial charge < -0.3 is 19.5 Å². The van der Waals surface area contributed by atoms with Crippen LogP contribution in [0.2, 0.25) is 0 Å². The average molecular weight is 436 g/mol. The molecule has 6 heteroatoms. The first-order chi connectivity index (χ1) is 13.1. The molecule has 0 aliphatic rings. The lowest BCUT2D eigenvalue weighted by atomic mass is 10.2. The molecule has 0 aliphatic carbocycles. The van der Waals surface area contributed by atoms with Crippen molar-refractivity contribution in [3.63, 3.8) is 0 Å². The summed E-state index contributed by atoms with van der Waals surface area (Å²) in [5.41, 5.74) is 2.14. The van der Waals surface area contributed by atoms with Gasteiger partial charge in [-0.1, -0.05) is 26.0 Å². The number of carbonyl (C=O) groups excluding carboxylic acids is 1. The fourth-order valence-corrected chi connectivity index (χ4v) is 2.97. The molecular formula is C21H26BrNO4. The van der Waals surface area contributed by atoms with Crippen molar-refractivity contribution >= 4 is 21.8 Å². The predicted molar refractivity (Wildman–Crippen MR) is 110 cm³/mol. The maximum absolute atomic E-state index is 12.1. The van der Waals surface area contributed by atoms with Crippen LogP contribution in [-0.4, -0.2) is 26.2 Å². The van der Waals surface area contributed by atoms with Crippen LogP contribution in [0.4, 0.5) is 0 Å². The van der Waals surface area contributed by atoms with Crippen LogP contribution in [-0.2, 0) is 17.8 Å². The topological polar surface area (TPSA) is 56.8 Å². The molecule has 0 saturated carbocycles. The number of carbonyl (C=O) groups is 1. The number of ether oxygens (including phenoxy) is 3. The number of amides is 1. The van der Waals surface area contributed by atoms with Crippen molar-refractivity contribution in [3.05, 3.63) is 52.0 Å². The van der Waals surface area contributed by atoms with E-state index >= 15 is 0 Å². The lowest BCUT2D eigenvalue weighted by Crippen LogP contribution is -2.28. The van der Waals surface area contributed by atoms with Crippen molar-refractivity contribution in [3.8, 4) is 17.2 Å². The quantitative estimate of drug-likeness (QED) is 0.596. The molecule has 0 aromatic heterocycles. The highest BCUT2D eigenvalue weighted by Crippen LogP contribution is 2.28. The number of methoxy groups -OCH3 is 1. The number of hydrogen-bond donors (Lipinski definition) is 1. The zero-order valence-corrected chi connectivity index (χ0v) is 17.6. The van der Waals surface area contributed by atoms with E-state index in [1.54, 1.807) is 7.11 Å². The summed E-state index contributed by atoms with van der Waals surface area (Å²) in [6.45, 7) is 5.13. The Morgan fingerprint density at radius 2 is 1.74 bits per heavy atom. The molecule has 0 aliphatic heterocycles. The van der Waals surface area contributed by atoms with Gasteiger partial charge >= 0.3 is 0 Å². The highest BCUT2D eigenvalue weighted by Gasteiger charge is 2.09.